The predicted octanol–water partition coefficient (Wildman–Crippen LogP) is 24.3. The number of unbranched alkanes of at least 4 members (excludes halogenated alkanes) is 44. The summed E-state index contributed by atoms with van der Waals surface area (Å²) in [5, 5.41) is 0. The Morgan fingerprint density at radius 3 is 0.725 bits per heavy atom. The Bertz CT molecular complexity index is 1430. The Hall–Kier alpha value is -2.89. The lowest BCUT2D eigenvalue weighted by atomic mass is 10.0. The average Bonchev–Trinajstić information content (AvgIpc) is 3.46. The standard InChI is InChI=1S/C74H134O6/c1-4-7-10-13-16-19-22-25-28-29-30-31-32-33-34-35-36-37-38-39-40-41-42-43-44-45-47-49-52-55-58-61-64-67-73(76)79-70-71(69-78-72(75)66-63-60-57-54-51-48-27-24-21-18-15-12-9-6-3)80-74(77)68-65-62-59-56-53-50-46-26-23-20-17-14-11-8-5-2/h17,20,22,24-27,29-30,46,71H,4-16,18-19,21,23,28,31-45,47-70H2,1-3H3/b20-17-,25-22-,27-24-,30-29-,46-26-. The summed E-state index contributed by atoms with van der Waals surface area (Å²) in [6.45, 7) is 6.62. The second-order valence-corrected chi connectivity index (χ2v) is 23.8. The second-order valence-electron chi connectivity index (χ2n) is 23.8. The molecule has 1 unspecified atom stereocenters. The molecule has 0 N–H and O–H groups in total. The van der Waals surface area contributed by atoms with E-state index in [1.807, 2.05) is 0 Å². The fourth-order valence-corrected chi connectivity index (χ4v) is 10.4. The van der Waals surface area contributed by atoms with Crippen LogP contribution in [0.5, 0.6) is 0 Å². The van der Waals surface area contributed by atoms with Gasteiger partial charge >= 0.3 is 17.9 Å². The van der Waals surface area contributed by atoms with E-state index in [2.05, 4.69) is 81.5 Å². The normalized spacial score (nSPS) is 12.4. The molecule has 0 saturated heterocycles. The molecule has 0 aromatic heterocycles. The molecule has 0 aromatic rings. The van der Waals surface area contributed by atoms with E-state index in [0.29, 0.717) is 19.3 Å². The van der Waals surface area contributed by atoms with Crippen LogP contribution in [0.25, 0.3) is 0 Å². The van der Waals surface area contributed by atoms with Crippen molar-refractivity contribution in [2.24, 2.45) is 0 Å². The molecule has 0 bridgehead atoms. The van der Waals surface area contributed by atoms with Crippen LogP contribution in [0.4, 0.5) is 0 Å². The molecule has 0 fully saturated rings. The summed E-state index contributed by atoms with van der Waals surface area (Å²) in [6, 6.07) is 0. The topological polar surface area (TPSA) is 78.9 Å². The summed E-state index contributed by atoms with van der Waals surface area (Å²) < 4.78 is 16.9. The number of carbonyl (C=O) groups is 3. The first-order chi connectivity index (χ1) is 39.5. The fraction of sp³-hybridized carbons (Fsp3) is 0.824. The second kappa shape index (κ2) is 68.6. The molecule has 0 rings (SSSR count). The molecule has 0 amide bonds. The first-order valence-electron chi connectivity index (χ1n) is 35.3. The zero-order valence-electron chi connectivity index (χ0n) is 53.6. The van der Waals surface area contributed by atoms with Crippen LogP contribution < -0.4 is 0 Å². The number of rotatable bonds is 65. The third-order valence-corrected chi connectivity index (χ3v) is 15.7. The summed E-state index contributed by atoms with van der Waals surface area (Å²) in [5.74, 6) is -0.881. The van der Waals surface area contributed by atoms with E-state index in [-0.39, 0.29) is 31.1 Å². The van der Waals surface area contributed by atoms with Gasteiger partial charge in [-0.05, 0) is 109 Å². The van der Waals surface area contributed by atoms with Crippen molar-refractivity contribution in [2.75, 3.05) is 13.2 Å². The van der Waals surface area contributed by atoms with E-state index >= 15 is 0 Å². The van der Waals surface area contributed by atoms with Gasteiger partial charge in [0.1, 0.15) is 13.2 Å². The number of hydrogen-bond donors (Lipinski definition) is 0. The minimum Gasteiger partial charge on any atom is -0.462 e. The molecular formula is C74H134O6. The third-order valence-electron chi connectivity index (χ3n) is 15.7. The van der Waals surface area contributed by atoms with Crippen LogP contribution in [0.1, 0.15) is 374 Å². The van der Waals surface area contributed by atoms with E-state index in [9.17, 15) is 14.4 Å². The maximum atomic E-state index is 12.9. The van der Waals surface area contributed by atoms with Crippen LogP contribution in [0.3, 0.4) is 0 Å². The summed E-state index contributed by atoms with van der Waals surface area (Å²) in [7, 11) is 0. The maximum absolute atomic E-state index is 12.9. The van der Waals surface area contributed by atoms with E-state index in [1.165, 1.54) is 238 Å². The minimum absolute atomic E-state index is 0.0788. The molecule has 0 aromatic carbocycles. The largest absolute Gasteiger partial charge is 0.462 e. The lowest BCUT2D eigenvalue weighted by Gasteiger charge is -2.18. The molecule has 466 valence electrons. The van der Waals surface area contributed by atoms with Gasteiger partial charge in [-0.2, -0.15) is 0 Å². The molecule has 6 nitrogen and oxygen atoms in total. The molecular weight excluding hydrogens is 985 g/mol. The van der Waals surface area contributed by atoms with Gasteiger partial charge in [-0.15, -0.1) is 0 Å². The van der Waals surface area contributed by atoms with Gasteiger partial charge in [-0.3, -0.25) is 14.4 Å². The Kier molecular flexibility index (Phi) is 66.1. The van der Waals surface area contributed by atoms with Crippen molar-refractivity contribution in [1.82, 2.24) is 0 Å². The lowest BCUT2D eigenvalue weighted by Crippen LogP contribution is -2.30. The highest BCUT2D eigenvalue weighted by Crippen LogP contribution is 2.18. The van der Waals surface area contributed by atoms with Crippen molar-refractivity contribution in [3.63, 3.8) is 0 Å². The van der Waals surface area contributed by atoms with Gasteiger partial charge in [0.05, 0.1) is 0 Å². The van der Waals surface area contributed by atoms with Gasteiger partial charge in [0.2, 0.25) is 0 Å². The van der Waals surface area contributed by atoms with E-state index in [0.717, 1.165) is 96.3 Å². The third kappa shape index (κ3) is 65.9. The van der Waals surface area contributed by atoms with Gasteiger partial charge in [0.25, 0.3) is 0 Å². The summed E-state index contributed by atoms with van der Waals surface area (Å²) >= 11 is 0. The summed E-state index contributed by atoms with van der Waals surface area (Å²) in [5.41, 5.74) is 0. The number of ether oxygens (including phenoxy) is 3. The Morgan fingerprint density at radius 2 is 0.450 bits per heavy atom. The summed E-state index contributed by atoms with van der Waals surface area (Å²) in [6.07, 6.45) is 88.3. The quantitative estimate of drug-likeness (QED) is 0.0261. The highest BCUT2D eigenvalue weighted by atomic mass is 16.6. The SMILES string of the molecule is CCCCC/C=C\C/C=C\CCCCCCCC(=O)OC(COC(=O)CCCCCCC/C=C\CCCCCCC)COC(=O)CCCCCCCCCCCCCCCCCCCCCCC/C=C\C/C=C\CCCCCCC. The van der Waals surface area contributed by atoms with Crippen LogP contribution in [0.15, 0.2) is 60.8 Å². The zero-order valence-corrected chi connectivity index (χ0v) is 53.6. The molecule has 0 saturated carbocycles. The number of esters is 3. The van der Waals surface area contributed by atoms with Crippen molar-refractivity contribution in [2.45, 2.75) is 380 Å². The van der Waals surface area contributed by atoms with Gasteiger partial charge in [-0.25, -0.2) is 0 Å². The number of hydrogen-bond acceptors (Lipinski definition) is 6. The fourth-order valence-electron chi connectivity index (χ4n) is 10.4. The summed E-state index contributed by atoms with van der Waals surface area (Å²) in [4.78, 5) is 38.3. The molecule has 0 radical (unpaired) electrons. The van der Waals surface area contributed by atoms with E-state index < -0.39 is 6.10 Å². The lowest BCUT2D eigenvalue weighted by molar-refractivity contribution is -0.167. The highest BCUT2D eigenvalue weighted by molar-refractivity contribution is 5.71. The van der Waals surface area contributed by atoms with Crippen molar-refractivity contribution in [3.8, 4) is 0 Å². The van der Waals surface area contributed by atoms with E-state index in [4.69, 9.17) is 14.2 Å². The van der Waals surface area contributed by atoms with Crippen LogP contribution >= 0.6 is 0 Å². The zero-order chi connectivity index (χ0) is 57.8. The van der Waals surface area contributed by atoms with Gasteiger partial charge in [-0.1, -0.05) is 306 Å². The highest BCUT2D eigenvalue weighted by Gasteiger charge is 2.19. The van der Waals surface area contributed by atoms with Crippen LogP contribution in [-0.4, -0.2) is 37.2 Å². The first kappa shape index (κ1) is 77.1. The van der Waals surface area contributed by atoms with E-state index in [1.54, 1.807) is 0 Å². The van der Waals surface area contributed by atoms with Gasteiger partial charge in [0.15, 0.2) is 6.10 Å². The first-order valence-corrected chi connectivity index (χ1v) is 35.3. The molecule has 1 atom stereocenters. The Morgan fingerprint density at radius 1 is 0.250 bits per heavy atom. The Labute approximate surface area is 498 Å². The number of carbonyl (C=O) groups excluding carboxylic acids is 3. The molecule has 80 heavy (non-hydrogen) atoms. The average molecular weight is 1120 g/mol. The monoisotopic (exact) mass is 1120 g/mol. The van der Waals surface area contributed by atoms with Crippen LogP contribution in [0.2, 0.25) is 0 Å². The smallest absolute Gasteiger partial charge is 0.306 e. The molecule has 0 aliphatic rings. The Balaban J connectivity index is 4.13. The van der Waals surface area contributed by atoms with Crippen LogP contribution in [-0.2, 0) is 28.6 Å². The van der Waals surface area contributed by atoms with Crippen molar-refractivity contribution in [1.29, 1.82) is 0 Å². The van der Waals surface area contributed by atoms with Crippen molar-refractivity contribution in [3.05, 3.63) is 60.8 Å². The molecule has 0 heterocycles. The maximum Gasteiger partial charge on any atom is 0.306 e. The van der Waals surface area contributed by atoms with Gasteiger partial charge in [0, 0.05) is 19.3 Å². The van der Waals surface area contributed by atoms with Gasteiger partial charge < -0.3 is 14.2 Å². The molecule has 0 spiro atoms. The number of allylic oxidation sites excluding steroid dienone is 10. The van der Waals surface area contributed by atoms with Crippen LogP contribution in [0, 0.1) is 0 Å². The molecule has 0 aliphatic heterocycles. The molecule has 6 heteroatoms. The minimum atomic E-state index is -0.784. The predicted molar refractivity (Wildman–Crippen MR) is 348 cm³/mol. The molecule has 0 aliphatic carbocycles. The van der Waals surface area contributed by atoms with Crippen molar-refractivity contribution >= 4 is 17.9 Å². The van der Waals surface area contributed by atoms with Crippen molar-refractivity contribution < 1.29 is 28.6 Å².